The quantitative estimate of drug-likeness (QED) is 0.614. The van der Waals surface area contributed by atoms with Crippen molar-refractivity contribution in [1.82, 2.24) is 0 Å². The number of allylic oxidation sites excluding steroid dienone is 4. The maximum atomic E-state index is 17.1. The molecule has 0 aromatic carbocycles. The van der Waals surface area contributed by atoms with E-state index >= 15 is 4.39 Å². The molecule has 8 atom stereocenters. The highest BCUT2D eigenvalue weighted by atomic mass is 32.2. The maximum Gasteiger partial charge on any atom is 0.312 e. The first-order valence-corrected chi connectivity index (χ1v) is 12.4. The zero-order valence-corrected chi connectivity index (χ0v) is 19.7. The Hall–Kier alpha value is -1.51. The molecule has 32 heavy (non-hydrogen) atoms. The molecule has 6 nitrogen and oxygen atoms in total. The van der Waals surface area contributed by atoms with E-state index in [1.165, 1.54) is 31.0 Å². The fraction of sp³-hybridized carbons (Fsp3) is 0.708. The molecule has 0 heterocycles. The molecule has 4 aliphatic rings. The summed E-state index contributed by atoms with van der Waals surface area (Å²) in [7, 11) is 1.21. The van der Waals surface area contributed by atoms with Crippen LogP contribution in [0.15, 0.2) is 23.8 Å². The van der Waals surface area contributed by atoms with E-state index in [-0.39, 0.29) is 24.4 Å². The average Bonchev–Trinajstić information content (AvgIpc) is 2.98. The van der Waals surface area contributed by atoms with Crippen molar-refractivity contribution in [2.45, 2.75) is 56.9 Å². The summed E-state index contributed by atoms with van der Waals surface area (Å²) in [6, 6.07) is 0. The maximum absolute atomic E-state index is 17.1. The van der Waals surface area contributed by atoms with Gasteiger partial charge >= 0.3 is 5.97 Å². The van der Waals surface area contributed by atoms with Crippen molar-refractivity contribution >= 4 is 29.3 Å². The van der Waals surface area contributed by atoms with Crippen LogP contribution in [0, 0.1) is 28.6 Å². The normalized spacial score (nSPS) is 47.2. The van der Waals surface area contributed by atoms with E-state index in [1.807, 2.05) is 0 Å². The number of hydrogen-bond acceptors (Lipinski definition) is 7. The molecule has 2 unspecified atom stereocenters. The van der Waals surface area contributed by atoms with Gasteiger partial charge in [-0.3, -0.25) is 14.4 Å². The van der Waals surface area contributed by atoms with E-state index in [9.17, 15) is 24.6 Å². The summed E-state index contributed by atoms with van der Waals surface area (Å²) in [5, 5.41) is 23.2. The molecule has 0 spiro atoms. The van der Waals surface area contributed by atoms with Gasteiger partial charge in [0.15, 0.2) is 17.2 Å². The third-order valence-corrected chi connectivity index (χ3v) is 9.63. The van der Waals surface area contributed by atoms with Gasteiger partial charge in [0.25, 0.3) is 0 Å². The van der Waals surface area contributed by atoms with Gasteiger partial charge in [-0.2, -0.15) is 11.8 Å². The first kappa shape index (κ1) is 23.6. The molecule has 3 fully saturated rings. The van der Waals surface area contributed by atoms with E-state index in [2.05, 4.69) is 0 Å². The second kappa shape index (κ2) is 7.50. The number of halogens is 1. The van der Waals surface area contributed by atoms with Crippen molar-refractivity contribution in [2.75, 3.05) is 19.1 Å². The second-order valence-corrected chi connectivity index (χ2v) is 11.1. The first-order valence-electron chi connectivity index (χ1n) is 11.1. The molecule has 0 aromatic heterocycles. The lowest BCUT2D eigenvalue weighted by atomic mass is 9.44. The number of Topliss-reactive ketones (excluding diaryl/α,β-unsaturated/α-hetero) is 1. The summed E-state index contributed by atoms with van der Waals surface area (Å²) in [4.78, 5) is 37.9. The highest BCUT2D eigenvalue weighted by Gasteiger charge is 2.77. The number of hydrogen-bond donors (Lipinski definition) is 2. The molecule has 176 valence electrons. The van der Waals surface area contributed by atoms with Crippen LogP contribution >= 0.6 is 11.8 Å². The molecule has 4 rings (SSSR count). The fourth-order valence-electron chi connectivity index (χ4n) is 7.42. The van der Waals surface area contributed by atoms with Crippen LogP contribution in [0.1, 0.15) is 39.5 Å². The van der Waals surface area contributed by atoms with Gasteiger partial charge in [-0.25, -0.2) is 4.39 Å². The molecule has 2 N–H and O–H groups in total. The number of esters is 1. The van der Waals surface area contributed by atoms with Crippen molar-refractivity contribution in [3.05, 3.63) is 23.8 Å². The lowest BCUT2D eigenvalue weighted by molar-refractivity contribution is -0.219. The minimum Gasteiger partial charge on any atom is -0.469 e. The van der Waals surface area contributed by atoms with E-state index in [0.29, 0.717) is 18.4 Å². The van der Waals surface area contributed by atoms with Crippen LogP contribution in [0.5, 0.6) is 0 Å². The zero-order chi connectivity index (χ0) is 23.7. The van der Waals surface area contributed by atoms with Crippen molar-refractivity contribution in [2.24, 2.45) is 28.6 Å². The summed E-state index contributed by atoms with van der Waals surface area (Å²) in [6.07, 6.45) is 5.39. The van der Waals surface area contributed by atoms with Crippen molar-refractivity contribution in [3.63, 3.8) is 0 Å². The molecule has 0 amide bonds. The van der Waals surface area contributed by atoms with Crippen LogP contribution in [0.25, 0.3) is 0 Å². The molecule has 0 radical (unpaired) electrons. The first-order chi connectivity index (χ1) is 14.9. The van der Waals surface area contributed by atoms with Crippen molar-refractivity contribution in [1.29, 1.82) is 0 Å². The molecule has 0 aliphatic heterocycles. The number of carbonyl (C=O) groups excluding carboxylic acids is 3. The van der Waals surface area contributed by atoms with Gasteiger partial charge in [0.1, 0.15) is 5.60 Å². The number of ether oxygens (including phenoxy) is 1. The third-order valence-electron chi connectivity index (χ3n) is 9.08. The largest absolute Gasteiger partial charge is 0.469 e. The lowest BCUT2D eigenvalue weighted by Crippen LogP contribution is -2.69. The summed E-state index contributed by atoms with van der Waals surface area (Å²) >= 11 is 1.25. The Labute approximate surface area is 191 Å². The lowest BCUT2D eigenvalue weighted by Gasteiger charge is -2.62. The van der Waals surface area contributed by atoms with Crippen LogP contribution in [-0.2, 0) is 19.1 Å². The van der Waals surface area contributed by atoms with Crippen LogP contribution in [-0.4, -0.2) is 64.2 Å². The number of methoxy groups -OCH3 is 1. The van der Waals surface area contributed by atoms with E-state index in [1.54, 1.807) is 26.2 Å². The van der Waals surface area contributed by atoms with Gasteiger partial charge in [0.2, 0.25) is 0 Å². The average molecular weight is 467 g/mol. The molecule has 0 aromatic rings. The van der Waals surface area contributed by atoms with Gasteiger partial charge in [0, 0.05) is 16.7 Å². The summed E-state index contributed by atoms with van der Waals surface area (Å²) in [6.45, 7) is 3.41. The SMILES string of the molecule is COC(=O)C1C[C@H]2[C@@H]3CCC4=CC(=O)C=C[C@]4(C)[C@@]3(F)C(O)C[C@]2(C)[C@@]1(O)C(=O)CSC. The smallest absolute Gasteiger partial charge is 0.312 e. The molecule has 8 heteroatoms. The number of thioether (sulfide) groups is 1. The summed E-state index contributed by atoms with van der Waals surface area (Å²) in [5.41, 5.74) is -5.85. The standard InChI is InChI=1S/C24H31FO6S/c1-21-8-7-14(26)9-13(21)5-6-15-16-10-17(20(29)31-3)24(30,19(28)12-32-4)22(16,2)11-18(27)23(15,21)25/h7-9,15-18,27,30H,5-6,10-12H2,1-4H3/t15-,16-,17?,18?,21-,22-,23-,24-/m0/s1. The Morgan fingerprint density at radius 2 is 2.00 bits per heavy atom. The molecule has 3 saturated carbocycles. The number of fused-ring (bicyclic) bond motifs is 5. The van der Waals surface area contributed by atoms with Gasteiger partial charge in [-0.15, -0.1) is 0 Å². The van der Waals surface area contributed by atoms with Gasteiger partial charge < -0.3 is 14.9 Å². The van der Waals surface area contributed by atoms with Gasteiger partial charge in [-0.1, -0.05) is 18.6 Å². The van der Waals surface area contributed by atoms with Crippen molar-refractivity contribution < 1.29 is 33.7 Å². The third kappa shape index (κ3) is 2.69. The predicted molar refractivity (Wildman–Crippen MR) is 118 cm³/mol. The number of aliphatic hydroxyl groups is 2. The van der Waals surface area contributed by atoms with Crippen molar-refractivity contribution in [3.8, 4) is 0 Å². The highest BCUT2D eigenvalue weighted by molar-refractivity contribution is 7.99. The molecule has 0 saturated heterocycles. The van der Waals surface area contributed by atoms with E-state index in [4.69, 9.17) is 4.74 Å². The Morgan fingerprint density at radius 1 is 1.31 bits per heavy atom. The molecular weight excluding hydrogens is 435 g/mol. The molecule has 0 bridgehead atoms. The molecule has 4 aliphatic carbocycles. The summed E-state index contributed by atoms with van der Waals surface area (Å²) < 4.78 is 22.1. The topological polar surface area (TPSA) is 101 Å². The predicted octanol–water partition coefficient (Wildman–Crippen LogP) is 2.42. The van der Waals surface area contributed by atoms with Gasteiger partial charge in [0.05, 0.1) is 24.9 Å². The van der Waals surface area contributed by atoms with E-state index in [0.717, 1.165) is 0 Å². The summed E-state index contributed by atoms with van der Waals surface area (Å²) in [5.74, 6) is -3.71. The number of aliphatic hydroxyl groups excluding tert-OH is 1. The minimum absolute atomic E-state index is 0.00326. The second-order valence-electron chi connectivity index (χ2n) is 10.2. The number of alkyl halides is 1. The van der Waals surface area contributed by atoms with Crippen LogP contribution < -0.4 is 0 Å². The Kier molecular flexibility index (Phi) is 5.54. The number of rotatable bonds is 4. The monoisotopic (exact) mass is 466 g/mol. The van der Waals surface area contributed by atoms with Crippen LogP contribution in [0.2, 0.25) is 0 Å². The number of ketones is 2. The Bertz CT molecular complexity index is 931. The fourth-order valence-corrected chi connectivity index (χ4v) is 7.90. The van der Waals surface area contributed by atoms with Crippen LogP contribution in [0.4, 0.5) is 4.39 Å². The zero-order valence-electron chi connectivity index (χ0n) is 18.9. The number of carbonyl (C=O) groups is 3. The molecular formula is C24H31FO6S. The highest BCUT2D eigenvalue weighted by Crippen LogP contribution is 2.70. The van der Waals surface area contributed by atoms with Crippen LogP contribution in [0.3, 0.4) is 0 Å². The van der Waals surface area contributed by atoms with E-state index < -0.39 is 57.7 Å². The Balaban J connectivity index is 1.85. The Morgan fingerprint density at radius 3 is 2.62 bits per heavy atom. The van der Waals surface area contributed by atoms with Gasteiger partial charge in [-0.05, 0) is 56.9 Å². The minimum atomic E-state index is -2.09.